The lowest BCUT2D eigenvalue weighted by atomic mass is 10.0. The van der Waals surface area contributed by atoms with Gasteiger partial charge in [0.1, 0.15) is 0 Å². The molecule has 0 saturated carbocycles. The zero-order valence-electron chi connectivity index (χ0n) is 11.5. The molecule has 1 aromatic carbocycles. The van der Waals surface area contributed by atoms with Crippen molar-refractivity contribution in [3.8, 4) is 11.1 Å². The second-order valence-electron chi connectivity index (χ2n) is 4.74. The molecule has 0 fully saturated rings. The van der Waals surface area contributed by atoms with Crippen molar-refractivity contribution in [3.63, 3.8) is 0 Å². The van der Waals surface area contributed by atoms with Crippen molar-refractivity contribution in [1.29, 1.82) is 0 Å². The highest BCUT2D eigenvalue weighted by Crippen LogP contribution is 2.23. The number of aryl methyl sites for hydroxylation is 1. The molecule has 3 aromatic rings. The van der Waals surface area contributed by atoms with Crippen LogP contribution in [-0.2, 0) is 12.8 Å². The Morgan fingerprint density at radius 3 is 2.65 bits per heavy atom. The average molecular weight is 267 g/mol. The predicted octanol–water partition coefficient (Wildman–Crippen LogP) is 2.95. The molecule has 0 unspecified atom stereocenters. The molecule has 0 bridgehead atoms. The van der Waals surface area contributed by atoms with Crippen LogP contribution in [0.3, 0.4) is 0 Å². The van der Waals surface area contributed by atoms with Gasteiger partial charge in [0.2, 0.25) is 0 Å². The molecular formula is C16H17N3O. The molecule has 4 nitrogen and oxygen atoms in total. The van der Waals surface area contributed by atoms with Gasteiger partial charge in [0.15, 0.2) is 17.1 Å². The summed E-state index contributed by atoms with van der Waals surface area (Å²) in [4.78, 5) is 8.66. The van der Waals surface area contributed by atoms with Crippen LogP contribution in [0.2, 0.25) is 0 Å². The summed E-state index contributed by atoms with van der Waals surface area (Å²) in [5.74, 6) is 0.647. The van der Waals surface area contributed by atoms with E-state index in [0.717, 1.165) is 17.5 Å². The van der Waals surface area contributed by atoms with Gasteiger partial charge in [0, 0.05) is 24.7 Å². The number of nitrogens with two attached hydrogens (primary N) is 1. The van der Waals surface area contributed by atoms with Gasteiger partial charge in [-0.15, -0.1) is 0 Å². The normalized spacial score (nSPS) is 11.1. The molecular weight excluding hydrogens is 250 g/mol. The number of fused-ring (bicyclic) bond motifs is 1. The fourth-order valence-electron chi connectivity index (χ4n) is 2.19. The van der Waals surface area contributed by atoms with Crippen LogP contribution in [0.25, 0.3) is 22.4 Å². The smallest absolute Gasteiger partial charge is 0.198 e. The van der Waals surface area contributed by atoms with Gasteiger partial charge in [-0.25, -0.2) is 4.98 Å². The summed E-state index contributed by atoms with van der Waals surface area (Å²) in [5, 5.41) is 0. The van der Waals surface area contributed by atoms with Gasteiger partial charge in [-0.1, -0.05) is 31.2 Å². The lowest BCUT2D eigenvalue weighted by Crippen LogP contribution is -2.02. The fraction of sp³-hybridized carbons (Fsp3) is 0.250. The van der Waals surface area contributed by atoms with Crippen molar-refractivity contribution in [2.45, 2.75) is 19.8 Å². The molecule has 0 saturated heterocycles. The fourth-order valence-corrected chi connectivity index (χ4v) is 2.19. The highest BCUT2D eigenvalue weighted by molar-refractivity contribution is 5.76. The summed E-state index contributed by atoms with van der Waals surface area (Å²) in [6.45, 7) is 2.67. The van der Waals surface area contributed by atoms with E-state index in [1.807, 2.05) is 12.3 Å². The van der Waals surface area contributed by atoms with Gasteiger partial charge in [-0.05, 0) is 23.6 Å². The topological polar surface area (TPSA) is 64.9 Å². The molecule has 0 aliphatic heterocycles. The maximum atomic E-state index is 5.66. The molecule has 102 valence electrons. The lowest BCUT2D eigenvalue weighted by Gasteiger charge is -2.02. The number of hydrogen-bond acceptors (Lipinski definition) is 4. The minimum atomic E-state index is 0.526. The van der Waals surface area contributed by atoms with E-state index in [-0.39, 0.29) is 0 Å². The van der Waals surface area contributed by atoms with Gasteiger partial charge in [0.25, 0.3) is 0 Å². The molecule has 0 aliphatic rings. The van der Waals surface area contributed by atoms with E-state index in [4.69, 9.17) is 10.2 Å². The second kappa shape index (κ2) is 5.43. The number of hydrogen-bond donors (Lipinski definition) is 1. The molecule has 0 atom stereocenters. The van der Waals surface area contributed by atoms with Crippen LogP contribution in [0.15, 0.2) is 40.9 Å². The SMILES string of the molecule is CCc1ccc(-c2cnc3nc(CCN)oc3c2)cc1. The van der Waals surface area contributed by atoms with Crippen molar-refractivity contribution in [3.05, 3.63) is 48.0 Å². The Kier molecular flexibility index (Phi) is 3.48. The third-order valence-corrected chi connectivity index (χ3v) is 3.34. The number of nitrogens with zero attached hydrogens (tertiary/aromatic N) is 2. The summed E-state index contributed by atoms with van der Waals surface area (Å²) >= 11 is 0. The van der Waals surface area contributed by atoms with Crippen molar-refractivity contribution in [2.24, 2.45) is 5.73 Å². The highest BCUT2D eigenvalue weighted by Gasteiger charge is 2.08. The predicted molar refractivity (Wildman–Crippen MR) is 79.4 cm³/mol. The maximum Gasteiger partial charge on any atom is 0.198 e. The van der Waals surface area contributed by atoms with Gasteiger partial charge < -0.3 is 10.2 Å². The molecule has 20 heavy (non-hydrogen) atoms. The van der Waals surface area contributed by atoms with E-state index in [2.05, 4.69) is 41.2 Å². The van der Waals surface area contributed by atoms with Gasteiger partial charge in [-0.3, -0.25) is 0 Å². The van der Waals surface area contributed by atoms with Crippen molar-refractivity contribution in [1.82, 2.24) is 9.97 Å². The summed E-state index contributed by atoms with van der Waals surface area (Å²) in [5.41, 5.74) is 10.4. The molecule has 2 aromatic heterocycles. The van der Waals surface area contributed by atoms with Crippen LogP contribution < -0.4 is 5.73 Å². The number of oxazole rings is 1. The molecule has 0 spiro atoms. The monoisotopic (exact) mass is 267 g/mol. The largest absolute Gasteiger partial charge is 0.439 e. The first kappa shape index (κ1) is 12.8. The Balaban J connectivity index is 1.98. The van der Waals surface area contributed by atoms with Crippen molar-refractivity contribution in [2.75, 3.05) is 6.54 Å². The van der Waals surface area contributed by atoms with Crippen LogP contribution in [0, 0.1) is 0 Å². The van der Waals surface area contributed by atoms with Crippen LogP contribution in [-0.4, -0.2) is 16.5 Å². The van der Waals surface area contributed by atoms with E-state index >= 15 is 0 Å². The Morgan fingerprint density at radius 2 is 1.95 bits per heavy atom. The minimum Gasteiger partial charge on any atom is -0.439 e. The Morgan fingerprint density at radius 1 is 1.15 bits per heavy atom. The number of aromatic nitrogens is 2. The zero-order valence-corrected chi connectivity index (χ0v) is 11.5. The standard InChI is InChI=1S/C16H17N3O/c1-2-11-3-5-12(6-4-11)13-9-14-16(18-10-13)19-15(20-14)7-8-17/h3-6,9-10H,2,7-8,17H2,1H3. The molecule has 4 heteroatoms. The Labute approximate surface area is 117 Å². The van der Waals surface area contributed by atoms with Gasteiger partial charge >= 0.3 is 0 Å². The van der Waals surface area contributed by atoms with Crippen LogP contribution in [0.1, 0.15) is 18.4 Å². The molecule has 0 amide bonds. The lowest BCUT2D eigenvalue weighted by molar-refractivity contribution is 0.531. The Bertz CT molecular complexity index is 716. The summed E-state index contributed by atoms with van der Waals surface area (Å²) in [6, 6.07) is 10.5. The van der Waals surface area contributed by atoms with Crippen LogP contribution in [0.5, 0.6) is 0 Å². The Hall–Kier alpha value is -2.20. The number of pyridine rings is 1. The maximum absolute atomic E-state index is 5.66. The van der Waals surface area contributed by atoms with Crippen molar-refractivity contribution < 1.29 is 4.42 Å². The first-order valence-corrected chi connectivity index (χ1v) is 6.85. The van der Waals surface area contributed by atoms with E-state index in [1.165, 1.54) is 5.56 Å². The van der Waals surface area contributed by atoms with Crippen LogP contribution in [0.4, 0.5) is 0 Å². The average Bonchev–Trinajstić information content (AvgIpc) is 2.89. The summed E-state index contributed by atoms with van der Waals surface area (Å²) in [7, 11) is 0. The van der Waals surface area contributed by atoms with Gasteiger partial charge in [0.05, 0.1) is 0 Å². The van der Waals surface area contributed by atoms with E-state index < -0.39 is 0 Å². The third-order valence-electron chi connectivity index (χ3n) is 3.34. The van der Waals surface area contributed by atoms with Gasteiger partial charge in [-0.2, -0.15) is 4.98 Å². The molecule has 2 N–H and O–H groups in total. The van der Waals surface area contributed by atoms with Crippen LogP contribution >= 0.6 is 0 Å². The molecule has 3 rings (SSSR count). The van der Waals surface area contributed by atoms with E-state index in [1.54, 1.807) is 0 Å². The zero-order chi connectivity index (χ0) is 13.9. The van der Waals surface area contributed by atoms with E-state index in [9.17, 15) is 0 Å². The molecule has 0 aliphatic carbocycles. The second-order valence-corrected chi connectivity index (χ2v) is 4.74. The number of rotatable bonds is 4. The van der Waals surface area contributed by atoms with Crippen molar-refractivity contribution >= 4 is 11.2 Å². The quantitative estimate of drug-likeness (QED) is 0.789. The molecule has 2 heterocycles. The highest BCUT2D eigenvalue weighted by atomic mass is 16.3. The number of benzene rings is 1. The molecule has 0 radical (unpaired) electrons. The third kappa shape index (κ3) is 2.42. The minimum absolute atomic E-state index is 0.526. The first-order chi connectivity index (χ1) is 9.80. The summed E-state index contributed by atoms with van der Waals surface area (Å²) in [6.07, 6.45) is 3.51. The van der Waals surface area contributed by atoms with E-state index in [0.29, 0.717) is 30.1 Å². The first-order valence-electron chi connectivity index (χ1n) is 6.85. The summed E-state index contributed by atoms with van der Waals surface area (Å²) < 4.78 is 5.66.